The minimum atomic E-state index is -1.82. The zero-order chi connectivity index (χ0) is 20.8. The van der Waals surface area contributed by atoms with Crippen LogP contribution in [0.5, 0.6) is 5.75 Å². The predicted molar refractivity (Wildman–Crippen MR) is 96.8 cm³/mol. The molecule has 0 aliphatic carbocycles. The highest BCUT2D eigenvalue weighted by Gasteiger charge is 2.59. The van der Waals surface area contributed by atoms with Crippen molar-refractivity contribution < 1.29 is 28.3 Å². The van der Waals surface area contributed by atoms with Crippen molar-refractivity contribution in [1.82, 2.24) is 10.2 Å². The first-order chi connectivity index (χ1) is 13.8. The van der Waals surface area contributed by atoms with Crippen LogP contribution in [0.3, 0.4) is 0 Å². The van der Waals surface area contributed by atoms with Gasteiger partial charge in [0.05, 0.1) is 6.42 Å². The van der Waals surface area contributed by atoms with E-state index in [2.05, 4.69) is 5.32 Å². The van der Waals surface area contributed by atoms with Crippen LogP contribution in [0.15, 0.2) is 48.5 Å². The largest absolute Gasteiger partial charge is 0.480 e. The fourth-order valence-electron chi connectivity index (χ4n) is 3.65. The Bertz CT molecular complexity index is 1040. The standard InChI is InChI=1S/C20H16FN3O5/c21-12-6-7-14-13(9-12)20(10-15(29-14)17(22)26)18(27)24(19(28)23-20)16(25)8-11-4-2-1-3-5-11/h1-7,9,15H,8,10H2,(H2,22,26)(H,23,28)/t15-,20?/m1/s1. The number of nitrogens with two attached hydrogens (primary N) is 1. The Morgan fingerprint density at radius 2 is 1.93 bits per heavy atom. The Kier molecular flexibility index (Phi) is 4.30. The van der Waals surface area contributed by atoms with Gasteiger partial charge in [-0.3, -0.25) is 14.4 Å². The molecule has 9 heteroatoms. The predicted octanol–water partition coefficient (Wildman–Crippen LogP) is 0.979. The van der Waals surface area contributed by atoms with Gasteiger partial charge in [0, 0.05) is 12.0 Å². The summed E-state index contributed by atoms with van der Waals surface area (Å²) in [6.45, 7) is 0. The van der Waals surface area contributed by atoms with Gasteiger partial charge in [0.15, 0.2) is 11.6 Å². The Balaban J connectivity index is 1.73. The van der Waals surface area contributed by atoms with Crippen LogP contribution in [-0.4, -0.2) is 34.8 Å². The summed E-state index contributed by atoms with van der Waals surface area (Å²) in [6.07, 6.45) is -1.76. The van der Waals surface area contributed by atoms with Gasteiger partial charge >= 0.3 is 6.03 Å². The molecule has 2 atom stereocenters. The second kappa shape index (κ2) is 6.69. The van der Waals surface area contributed by atoms with E-state index in [4.69, 9.17) is 10.5 Å². The van der Waals surface area contributed by atoms with E-state index in [1.165, 1.54) is 6.07 Å². The van der Waals surface area contributed by atoms with Crippen LogP contribution in [0, 0.1) is 5.82 Å². The number of hydrogen-bond donors (Lipinski definition) is 2. The summed E-state index contributed by atoms with van der Waals surface area (Å²) >= 11 is 0. The molecule has 0 saturated carbocycles. The zero-order valence-corrected chi connectivity index (χ0v) is 15.1. The average Bonchev–Trinajstić information content (AvgIpc) is 2.93. The average molecular weight is 397 g/mol. The summed E-state index contributed by atoms with van der Waals surface area (Å²) in [5.41, 5.74) is 4.17. The van der Waals surface area contributed by atoms with Gasteiger partial charge in [-0.2, -0.15) is 4.90 Å². The van der Waals surface area contributed by atoms with Gasteiger partial charge in [-0.1, -0.05) is 30.3 Å². The second-order valence-electron chi connectivity index (χ2n) is 6.89. The molecule has 2 aliphatic heterocycles. The van der Waals surface area contributed by atoms with Crippen molar-refractivity contribution in [1.29, 1.82) is 0 Å². The number of carbonyl (C=O) groups is 4. The van der Waals surface area contributed by atoms with Gasteiger partial charge in [0.2, 0.25) is 5.91 Å². The maximum Gasteiger partial charge on any atom is 0.332 e. The third-order valence-electron chi connectivity index (χ3n) is 5.02. The molecule has 5 amide bonds. The number of ether oxygens (including phenoxy) is 1. The lowest BCUT2D eigenvalue weighted by Crippen LogP contribution is -2.53. The number of halogens is 1. The molecule has 148 valence electrons. The summed E-state index contributed by atoms with van der Waals surface area (Å²) in [5.74, 6) is -3.12. The number of urea groups is 1. The van der Waals surface area contributed by atoms with E-state index in [-0.39, 0.29) is 24.2 Å². The van der Waals surface area contributed by atoms with Crippen LogP contribution in [0.1, 0.15) is 17.5 Å². The van der Waals surface area contributed by atoms with Crippen LogP contribution >= 0.6 is 0 Å². The number of nitrogens with zero attached hydrogens (tertiary/aromatic N) is 1. The number of hydrogen-bond acceptors (Lipinski definition) is 5. The highest BCUT2D eigenvalue weighted by molar-refractivity contribution is 6.19. The van der Waals surface area contributed by atoms with Crippen molar-refractivity contribution >= 4 is 23.8 Å². The van der Waals surface area contributed by atoms with Gasteiger partial charge in [-0.15, -0.1) is 0 Å². The van der Waals surface area contributed by atoms with Crippen molar-refractivity contribution in [2.24, 2.45) is 5.73 Å². The van der Waals surface area contributed by atoms with Crippen LogP contribution in [0.25, 0.3) is 0 Å². The molecule has 1 unspecified atom stereocenters. The van der Waals surface area contributed by atoms with E-state index in [0.717, 1.165) is 12.1 Å². The number of amides is 5. The van der Waals surface area contributed by atoms with E-state index in [9.17, 15) is 23.6 Å². The minimum absolute atomic E-state index is 0.0309. The van der Waals surface area contributed by atoms with E-state index in [1.807, 2.05) is 0 Å². The summed E-state index contributed by atoms with van der Waals surface area (Å²) in [6, 6.07) is 11.0. The van der Waals surface area contributed by atoms with Gasteiger partial charge < -0.3 is 15.8 Å². The Hall–Kier alpha value is -3.75. The molecule has 4 rings (SSSR count). The SMILES string of the molecule is NC(=O)[C@H]1CC2(NC(=O)N(C(=O)Cc3ccccc3)C2=O)c2cc(F)ccc2O1. The number of benzene rings is 2. The molecule has 29 heavy (non-hydrogen) atoms. The molecule has 0 radical (unpaired) electrons. The van der Waals surface area contributed by atoms with Crippen LogP contribution in [-0.2, 0) is 26.3 Å². The first-order valence-corrected chi connectivity index (χ1v) is 8.81. The third-order valence-corrected chi connectivity index (χ3v) is 5.02. The van der Waals surface area contributed by atoms with E-state index >= 15 is 0 Å². The summed E-state index contributed by atoms with van der Waals surface area (Å²) in [4.78, 5) is 50.8. The molecule has 2 heterocycles. The smallest absolute Gasteiger partial charge is 0.332 e. The first-order valence-electron chi connectivity index (χ1n) is 8.81. The fraction of sp³-hybridized carbons (Fsp3) is 0.200. The highest BCUT2D eigenvalue weighted by Crippen LogP contribution is 2.43. The Morgan fingerprint density at radius 3 is 2.62 bits per heavy atom. The van der Waals surface area contributed by atoms with Crippen LogP contribution in [0.4, 0.5) is 9.18 Å². The van der Waals surface area contributed by atoms with E-state index in [0.29, 0.717) is 10.5 Å². The van der Waals surface area contributed by atoms with E-state index < -0.39 is 41.2 Å². The lowest BCUT2D eigenvalue weighted by molar-refractivity contribution is -0.143. The normalized spacial score (nSPS) is 22.8. The molecule has 1 saturated heterocycles. The topological polar surface area (TPSA) is 119 Å². The molecule has 0 bridgehead atoms. The maximum atomic E-state index is 13.9. The third kappa shape index (κ3) is 3.00. The molecule has 8 nitrogen and oxygen atoms in total. The maximum absolute atomic E-state index is 13.9. The number of fused-ring (bicyclic) bond motifs is 2. The number of primary amides is 1. The van der Waals surface area contributed by atoms with E-state index in [1.54, 1.807) is 30.3 Å². The van der Waals surface area contributed by atoms with Crippen molar-refractivity contribution in [2.75, 3.05) is 0 Å². The number of nitrogens with one attached hydrogen (secondary N) is 1. The van der Waals surface area contributed by atoms with Crippen LogP contribution in [0.2, 0.25) is 0 Å². The Morgan fingerprint density at radius 1 is 1.21 bits per heavy atom. The highest BCUT2D eigenvalue weighted by atomic mass is 19.1. The van der Waals surface area contributed by atoms with Gasteiger partial charge in [0.1, 0.15) is 11.6 Å². The minimum Gasteiger partial charge on any atom is -0.480 e. The summed E-state index contributed by atoms with van der Waals surface area (Å²) < 4.78 is 19.4. The molecular weight excluding hydrogens is 381 g/mol. The monoisotopic (exact) mass is 397 g/mol. The molecule has 0 aromatic heterocycles. The summed E-state index contributed by atoms with van der Waals surface area (Å²) in [7, 11) is 0. The lowest BCUT2D eigenvalue weighted by Gasteiger charge is -2.36. The summed E-state index contributed by atoms with van der Waals surface area (Å²) in [5, 5.41) is 2.47. The molecule has 1 fully saturated rings. The van der Waals surface area contributed by atoms with Crippen molar-refractivity contribution in [3.05, 3.63) is 65.5 Å². The molecule has 3 N–H and O–H groups in total. The zero-order valence-electron chi connectivity index (χ0n) is 15.1. The second-order valence-corrected chi connectivity index (χ2v) is 6.89. The fourth-order valence-corrected chi connectivity index (χ4v) is 3.65. The van der Waals surface area contributed by atoms with Crippen LogP contribution < -0.4 is 15.8 Å². The first kappa shape index (κ1) is 18.6. The van der Waals surface area contributed by atoms with Gasteiger partial charge in [-0.05, 0) is 23.8 Å². The molecule has 2 aromatic rings. The van der Waals surface area contributed by atoms with Crippen molar-refractivity contribution in [3.63, 3.8) is 0 Å². The number of rotatable bonds is 3. The quantitative estimate of drug-likeness (QED) is 0.749. The lowest BCUT2D eigenvalue weighted by atomic mass is 9.81. The molecule has 2 aromatic carbocycles. The number of imide groups is 3. The molecular formula is C20H16FN3O5. The van der Waals surface area contributed by atoms with Gasteiger partial charge in [0.25, 0.3) is 11.8 Å². The number of carbonyl (C=O) groups excluding carboxylic acids is 4. The molecule has 1 spiro atoms. The molecule has 2 aliphatic rings. The van der Waals surface area contributed by atoms with Gasteiger partial charge in [-0.25, -0.2) is 9.18 Å². The Labute approximate surface area is 164 Å². The van der Waals surface area contributed by atoms with Crippen molar-refractivity contribution in [2.45, 2.75) is 24.5 Å². The van der Waals surface area contributed by atoms with Crippen molar-refractivity contribution in [3.8, 4) is 5.75 Å².